The minimum atomic E-state index is -0.545. The van der Waals surface area contributed by atoms with Gasteiger partial charge in [0.1, 0.15) is 29.9 Å². The number of piperazine rings is 1. The molecule has 0 aliphatic carbocycles. The number of likely N-dealkylation sites (tertiary alicyclic amines) is 1. The van der Waals surface area contributed by atoms with Crippen LogP contribution in [0.4, 0.5) is 22.1 Å². The molecule has 12 heteroatoms. The molecule has 0 unspecified atom stereocenters. The summed E-state index contributed by atoms with van der Waals surface area (Å²) >= 11 is 0. The van der Waals surface area contributed by atoms with Crippen molar-refractivity contribution in [3.63, 3.8) is 0 Å². The van der Waals surface area contributed by atoms with Gasteiger partial charge in [-0.15, -0.1) is 0 Å². The van der Waals surface area contributed by atoms with Gasteiger partial charge in [-0.05, 0) is 70.2 Å². The van der Waals surface area contributed by atoms with Crippen molar-refractivity contribution in [1.82, 2.24) is 24.8 Å². The average molecular weight is 627 g/mol. The topological polar surface area (TPSA) is 129 Å². The Labute approximate surface area is 270 Å². The van der Waals surface area contributed by atoms with Crippen molar-refractivity contribution in [2.24, 2.45) is 0 Å². The van der Waals surface area contributed by atoms with E-state index in [1.807, 2.05) is 45.9 Å². The Kier molecular flexibility index (Phi) is 9.24. The van der Waals surface area contributed by atoms with Crippen molar-refractivity contribution in [2.75, 3.05) is 56.2 Å². The molecule has 46 heavy (non-hydrogen) atoms. The number of nitrogens with one attached hydrogen (secondary N) is 1. The standard InChI is InChI=1S/C34H42N8O4/c1-23-17-29(11-12-42(23)33(43)46-34(2,3)4)45-30-10-5-24(18-25(30)19-35)31-36-22-37-32(39-31)38-26-6-8-27(9-7-26)40-13-15-41(16-14-40)28-20-44-21-28/h5-10,18,22-23,28-29H,11-17,20-21H2,1-4H3,(H,36,37,38,39)/t23-,29+/m1/s1. The van der Waals surface area contributed by atoms with Crippen molar-refractivity contribution in [1.29, 1.82) is 5.26 Å². The molecule has 3 aromatic rings. The van der Waals surface area contributed by atoms with Crippen molar-refractivity contribution < 1.29 is 19.0 Å². The molecule has 1 aromatic heterocycles. The molecule has 6 rings (SSSR count). The Morgan fingerprint density at radius 1 is 1.04 bits per heavy atom. The van der Waals surface area contributed by atoms with Gasteiger partial charge in [0.25, 0.3) is 0 Å². The Hall–Kier alpha value is -4.47. The average Bonchev–Trinajstić information content (AvgIpc) is 3.00. The van der Waals surface area contributed by atoms with E-state index in [0.717, 1.165) is 45.1 Å². The highest BCUT2D eigenvalue weighted by molar-refractivity contribution is 5.69. The van der Waals surface area contributed by atoms with E-state index in [0.29, 0.717) is 54.1 Å². The van der Waals surface area contributed by atoms with Gasteiger partial charge >= 0.3 is 6.09 Å². The van der Waals surface area contributed by atoms with Gasteiger partial charge in [-0.1, -0.05) is 0 Å². The summed E-state index contributed by atoms with van der Waals surface area (Å²) in [6.07, 6.45) is 2.31. The highest BCUT2D eigenvalue weighted by Crippen LogP contribution is 2.30. The zero-order valence-electron chi connectivity index (χ0n) is 27.0. The van der Waals surface area contributed by atoms with Crippen LogP contribution in [0, 0.1) is 11.3 Å². The van der Waals surface area contributed by atoms with Crippen LogP contribution < -0.4 is 15.0 Å². The van der Waals surface area contributed by atoms with Gasteiger partial charge in [0.05, 0.1) is 24.8 Å². The first-order chi connectivity index (χ1) is 22.1. The molecule has 3 saturated heterocycles. The Morgan fingerprint density at radius 2 is 1.80 bits per heavy atom. The maximum atomic E-state index is 12.6. The van der Waals surface area contributed by atoms with E-state index >= 15 is 0 Å². The van der Waals surface area contributed by atoms with Gasteiger partial charge in [-0.25, -0.2) is 14.8 Å². The molecule has 3 fully saturated rings. The van der Waals surface area contributed by atoms with Crippen LogP contribution in [0.3, 0.4) is 0 Å². The third kappa shape index (κ3) is 7.49. The summed E-state index contributed by atoms with van der Waals surface area (Å²) in [6, 6.07) is 16.5. The second-order valence-corrected chi connectivity index (χ2v) is 13.1. The molecule has 0 saturated carbocycles. The lowest BCUT2D eigenvalue weighted by atomic mass is 10.0. The zero-order chi connectivity index (χ0) is 32.3. The van der Waals surface area contributed by atoms with E-state index in [-0.39, 0.29) is 18.2 Å². The second-order valence-electron chi connectivity index (χ2n) is 13.1. The van der Waals surface area contributed by atoms with Crippen LogP contribution in [0.25, 0.3) is 11.4 Å². The normalized spacial score (nSPS) is 20.8. The molecule has 1 amide bonds. The minimum absolute atomic E-state index is 0.0472. The molecule has 4 heterocycles. The lowest BCUT2D eigenvalue weighted by Gasteiger charge is -2.43. The van der Waals surface area contributed by atoms with Gasteiger partial charge in [-0.3, -0.25) is 4.90 Å². The van der Waals surface area contributed by atoms with Crippen molar-refractivity contribution in [2.45, 2.75) is 64.3 Å². The molecule has 242 valence electrons. The minimum Gasteiger partial charge on any atom is -0.489 e. The first kappa shape index (κ1) is 31.5. The number of amides is 1. The number of hydrogen-bond acceptors (Lipinski definition) is 11. The number of carbonyl (C=O) groups is 1. The summed E-state index contributed by atoms with van der Waals surface area (Å²) < 4.78 is 17.2. The van der Waals surface area contributed by atoms with Crippen molar-refractivity contribution >= 4 is 23.4 Å². The third-order valence-corrected chi connectivity index (χ3v) is 8.62. The summed E-state index contributed by atoms with van der Waals surface area (Å²) in [6.45, 7) is 13.9. The number of nitriles is 1. The Morgan fingerprint density at radius 3 is 2.46 bits per heavy atom. The van der Waals surface area contributed by atoms with E-state index in [2.05, 4.69) is 48.3 Å². The summed E-state index contributed by atoms with van der Waals surface area (Å²) in [4.78, 5) is 32.5. The molecule has 0 radical (unpaired) electrons. The SMILES string of the molecule is C[C@@H]1C[C@@H](Oc2ccc(-c3ncnc(Nc4ccc(N5CCN(C6COC6)CC5)cc4)n3)cc2C#N)CCN1C(=O)OC(C)(C)C. The van der Waals surface area contributed by atoms with Crippen LogP contribution in [0.5, 0.6) is 5.75 Å². The maximum Gasteiger partial charge on any atom is 0.410 e. The van der Waals surface area contributed by atoms with E-state index in [4.69, 9.17) is 14.2 Å². The first-order valence-electron chi connectivity index (χ1n) is 16.0. The number of hydrogen-bond donors (Lipinski definition) is 1. The predicted octanol–water partition coefficient (Wildman–Crippen LogP) is 4.84. The van der Waals surface area contributed by atoms with E-state index in [9.17, 15) is 10.1 Å². The highest BCUT2D eigenvalue weighted by Gasteiger charge is 2.33. The fourth-order valence-electron chi connectivity index (χ4n) is 6.03. The molecular formula is C34H42N8O4. The van der Waals surface area contributed by atoms with Gasteiger partial charge in [-0.2, -0.15) is 10.2 Å². The van der Waals surface area contributed by atoms with Crippen LogP contribution in [0.1, 0.15) is 46.1 Å². The third-order valence-electron chi connectivity index (χ3n) is 8.62. The van der Waals surface area contributed by atoms with Gasteiger partial charge < -0.3 is 29.3 Å². The van der Waals surface area contributed by atoms with Gasteiger partial charge in [0.2, 0.25) is 5.95 Å². The number of benzene rings is 2. The molecule has 3 aliphatic heterocycles. The number of nitrogens with zero attached hydrogens (tertiary/aromatic N) is 7. The van der Waals surface area contributed by atoms with Crippen molar-refractivity contribution in [3.05, 3.63) is 54.4 Å². The maximum absolute atomic E-state index is 12.6. The molecule has 2 atom stereocenters. The summed E-state index contributed by atoms with van der Waals surface area (Å²) in [5.74, 6) is 1.37. The number of carbonyl (C=O) groups excluding carboxylic acids is 1. The molecule has 0 spiro atoms. The lowest BCUT2D eigenvalue weighted by Crippen LogP contribution is -2.56. The number of rotatable bonds is 7. The summed E-state index contributed by atoms with van der Waals surface area (Å²) in [5.41, 5.74) is 2.61. The monoisotopic (exact) mass is 626 g/mol. The van der Waals surface area contributed by atoms with Crippen LogP contribution in [0.2, 0.25) is 0 Å². The first-order valence-corrected chi connectivity index (χ1v) is 16.0. The Balaban J connectivity index is 1.06. The molecule has 1 N–H and O–H groups in total. The number of anilines is 3. The fourth-order valence-corrected chi connectivity index (χ4v) is 6.03. The lowest BCUT2D eigenvalue weighted by molar-refractivity contribution is -0.0660. The summed E-state index contributed by atoms with van der Waals surface area (Å²) in [5, 5.41) is 13.2. The largest absolute Gasteiger partial charge is 0.489 e. The van der Waals surface area contributed by atoms with Gasteiger partial charge in [0.15, 0.2) is 5.82 Å². The quantitative estimate of drug-likeness (QED) is 0.387. The second kappa shape index (κ2) is 13.5. The molecule has 2 aromatic carbocycles. The van der Waals surface area contributed by atoms with Gasteiger partial charge in [0, 0.05) is 68.5 Å². The smallest absolute Gasteiger partial charge is 0.410 e. The molecule has 0 bridgehead atoms. The molecule has 12 nitrogen and oxygen atoms in total. The number of ether oxygens (including phenoxy) is 3. The van der Waals surface area contributed by atoms with Crippen LogP contribution in [-0.2, 0) is 9.47 Å². The van der Waals surface area contributed by atoms with E-state index in [1.54, 1.807) is 17.0 Å². The van der Waals surface area contributed by atoms with E-state index < -0.39 is 5.60 Å². The van der Waals surface area contributed by atoms with E-state index in [1.165, 1.54) is 12.0 Å². The number of piperidine rings is 1. The van der Waals surface area contributed by atoms with Crippen LogP contribution in [-0.4, -0.2) is 101 Å². The van der Waals surface area contributed by atoms with Crippen molar-refractivity contribution in [3.8, 4) is 23.2 Å². The Bertz CT molecular complexity index is 1560. The van der Waals surface area contributed by atoms with Crippen LogP contribution >= 0.6 is 0 Å². The molecule has 3 aliphatic rings. The number of aromatic nitrogens is 3. The highest BCUT2D eigenvalue weighted by atomic mass is 16.6. The summed E-state index contributed by atoms with van der Waals surface area (Å²) in [7, 11) is 0. The zero-order valence-corrected chi connectivity index (χ0v) is 27.0. The molecular weight excluding hydrogens is 584 g/mol. The van der Waals surface area contributed by atoms with Crippen LogP contribution in [0.15, 0.2) is 48.8 Å². The fraction of sp³-hybridized carbons (Fsp3) is 0.500. The predicted molar refractivity (Wildman–Crippen MR) is 174 cm³/mol.